The lowest BCUT2D eigenvalue weighted by atomic mass is 9.92. The maximum atomic E-state index is 13.1. The molecule has 4 rings (SSSR count). The minimum absolute atomic E-state index is 0.313. The molecule has 128 valence electrons. The fourth-order valence-corrected chi connectivity index (χ4v) is 4.19. The third-order valence-corrected chi connectivity index (χ3v) is 5.44. The van der Waals surface area contributed by atoms with Gasteiger partial charge in [0.1, 0.15) is 0 Å². The second-order valence-electron chi connectivity index (χ2n) is 6.52. The van der Waals surface area contributed by atoms with E-state index in [1.54, 1.807) is 12.1 Å². The number of rotatable bonds is 2. The number of fused-ring (bicyclic) bond motifs is 1. The van der Waals surface area contributed by atoms with E-state index >= 15 is 0 Å². The van der Waals surface area contributed by atoms with Crippen LogP contribution in [0.2, 0.25) is 5.02 Å². The molecule has 3 heterocycles. The summed E-state index contributed by atoms with van der Waals surface area (Å²) in [5.41, 5.74) is 1.53. The first-order chi connectivity index (χ1) is 12.2. The zero-order valence-electron chi connectivity index (χ0n) is 13.6. The lowest BCUT2D eigenvalue weighted by molar-refractivity contribution is 0.387. The van der Waals surface area contributed by atoms with Gasteiger partial charge in [-0.1, -0.05) is 11.6 Å². The molecule has 5 nitrogen and oxygen atoms in total. The number of aromatic nitrogens is 2. The van der Waals surface area contributed by atoms with E-state index in [0.717, 1.165) is 38.2 Å². The number of hydrogen-bond acceptors (Lipinski definition) is 5. The van der Waals surface area contributed by atoms with Crippen molar-refractivity contribution in [2.24, 2.45) is 5.92 Å². The summed E-state index contributed by atoms with van der Waals surface area (Å²) < 4.78 is 13.1. The first-order valence-electron chi connectivity index (χ1n) is 8.34. The largest absolute Gasteiger partial charge is 0.365 e. The fourth-order valence-electron chi connectivity index (χ4n) is 3.90. The quantitative estimate of drug-likeness (QED) is 0.825. The van der Waals surface area contributed by atoms with Crippen LogP contribution in [0.1, 0.15) is 18.4 Å². The average Bonchev–Trinajstić information content (AvgIpc) is 3.05. The number of nitrogens with zero attached hydrogens (tertiary/aromatic N) is 5. The van der Waals surface area contributed by atoms with Crippen molar-refractivity contribution in [1.82, 2.24) is 9.97 Å². The van der Waals surface area contributed by atoms with E-state index in [1.165, 1.54) is 12.4 Å². The molecule has 7 heteroatoms. The van der Waals surface area contributed by atoms with Crippen LogP contribution in [0.15, 0.2) is 30.6 Å². The summed E-state index contributed by atoms with van der Waals surface area (Å²) in [7, 11) is 0. The third kappa shape index (κ3) is 3.00. The standard InChI is InChI=1S/C18H17ClFN5/c19-15-7-12(8-21)1-2-16(15)25-6-4-13-3-5-24(11-17(13)25)18-22-9-14(20)10-23-18/h1-2,7,9-10,13,17H,3-6,11H2. The van der Waals surface area contributed by atoms with Crippen LogP contribution < -0.4 is 9.80 Å². The Balaban J connectivity index is 1.58. The van der Waals surface area contributed by atoms with Gasteiger partial charge < -0.3 is 9.80 Å². The van der Waals surface area contributed by atoms with Gasteiger partial charge in [-0.15, -0.1) is 0 Å². The van der Waals surface area contributed by atoms with E-state index in [1.807, 2.05) is 6.07 Å². The predicted octanol–water partition coefficient (Wildman–Crippen LogP) is 3.25. The van der Waals surface area contributed by atoms with Gasteiger partial charge in [0.25, 0.3) is 0 Å². The van der Waals surface area contributed by atoms with Crippen molar-refractivity contribution in [3.8, 4) is 6.07 Å². The Hall–Kier alpha value is -2.39. The molecule has 2 aliphatic rings. The van der Waals surface area contributed by atoms with Gasteiger partial charge in [-0.3, -0.25) is 0 Å². The monoisotopic (exact) mass is 357 g/mol. The van der Waals surface area contributed by atoms with E-state index in [0.29, 0.717) is 28.5 Å². The highest BCUT2D eigenvalue weighted by molar-refractivity contribution is 6.33. The summed E-state index contributed by atoms with van der Waals surface area (Å²) >= 11 is 6.42. The number of piperidine rings is 1. The second-order valence-corrected chi connectivity index (χ2v) is 6.93. The van der Waals surface area contributed by atoms with E-state index in [2.05, 4.69) is 25.8 Å². The molecule has 0 bridgehead atoms. The van der Waals surface area contributed by atoms with Gasteiger partial charge in [0.15, 0.2) is 5.82 Å². The van der Waals surface area contributed by atoms with Crippen molar-refractivity contribution >= 4 is 23.2 Å². The van der Waals surface area contributed by atoms with E-state index in [4.69, 9.17) is 16.9 Å². The van der Waals surface area contributed by atoms with Crippen molar-refractivity contribution in [2.45, 2.75) is 18.9 Å². The SMILES string of the molecule is N#Cc1ccc(N2CCC3CCN(c4ncc(F)cn4)CC32)c(Cl)c1. The molecule has 0 aliphatic carbocycles. The molecule has 0 N–H and O–H groups in total. The molecule has 2 atom stereocenters. The molecule has 2 aliphatic heterocycles. The molecule has 25 heavy (non-hydrogen) atoms. The number of nitriles is 1. The summed E-state index contributed by atoms with van der Waals surface area (Å²) in [6.45, 7) is 2.60. The highest BCUT2D eigenvalue weighted by atomic mass is 35.5. The fraction of sp³-hybridized carbons (Fsp3) is 0.389. The predicted molar refractivity (Wildman–Crippen MR) is 94.2 cm³/mol. The summed E-state index contributed by atoms with van der Waals surface area (Å²) in [6.07, 6.45) is 4.59. The molecule has 0 radical (unpaired) electrons. The smallest absolute Gasteiger partial charge is 0.225 e. The van der Waals surface area contributed by atoms with Crippen molar-refractivity contribution in [3.63, 3.8) is 0 Å². The van der Waals surface area contributed by atoms with Crippen LogP contribution >= 0.6 is 11.6 Å². The third-order valence-electron chi connectivity index (χ3n) is 5.14. The number of anilines is 2. The maximum absolute atomic E-state index is 13.1. The normalized spacial score (nSPS) is 22.6. The maximum Gasteiger partial charge on any atom is 0.225 e. The average molecular weight is 358 g/mol. The Kier molecular flexibility index (Phi) is 4.18. The molecule has 0 saturated carbocycles. The van der Waals surface area contributed by atoms with Gasteiger partial charge in [-0.25, -0.2) is 14.4 Å². The lowest BCUT2D eigenvalue weighted by Crippen LogP contribution is -2.49. The molecule has 2 aromatic rings. The Morgan fingerprint density at radius 2 is 1.96 bits per heavy atom. The number of halogens is 2. The van der Waals surface area contributed by atoms with Crippen LogP contribution in [0, 0.1) is 23.1 Å². The van der Waals surface area contributed by atoms with Crippen LogP contribution in [0.5, 0.6) is 0 Å². The summed E-state index contributed by atoms with van der Waals surface area (Å²) in [5.74, 6) is 0.742. The summed E-state index contributed by atoms with van der Waals surface area (Å²) in [6, 6.07) is 7.88. The van der Waals surface area contributed by atoms with Crippen LogP contribution in [0.4, 0.5) is 16.0 Å². The van der Waals surface area contributed by atoms with Crippen molar-refractivity contribution in [3.05, 3.63) is 47.0 Å². The van der Waals surface area contributed by atoms with Crippen molar-refractivity contribution in [2.75, 3.05) is 29.4 Å². The van der Waals surface area contributed by atoms with Gasteiger partial charge >= 0.3 is 0 Å². The van der Waals surface area contributed by atoms with Crippen LogP contribution in [0.3, 0.4) is 0 Å². The van der Waals surface area contributed by atoms with Gasteiger partial charge in [-0.05, 0) is 37.0 Å². The van der Waals surface area contributed by atoms with Gasteiger partial charge in [0.05, 0.1) is 34.7 Å². The summed E-state index contributed by atoms with van der Waals surface area (Å²) in [5, 5.41) is 9.62. The zero-order chi connectivity index (χ0) is 17.4. The van der Waals surface area contributed by atoms with Crippen molar-refractivity contribution < 1.29 is 4.39 Å². The van der Waals surface area contributed by atoms with E-state index in [-0.39, 0.29) is 0 Å². The lowest BCUT2D eigenvalue weighted by Gasteiger charge is -2.39. The number of hydrogen-bond donors (Lipinski definition) is 0. The Morgan fingerprint density at radius 3 is 2.68 bits per heavy atom. The molecule has 0 amide bonds. The van der Waals surface area contributed by atoms with E-state index in [9.17, 15) is 4.39 Å². The molecular weight excluding hydrogens is 341 g/mol. The highest BCUT2D eigenvalue weighted by Crippen LogP contribution is 2.38. The minimum Gasteiger partial charge on any atom is -0.365 e. The molecule has 2 saturated heterocycles. The highest BCUT2D eigenvalue weighted by Gasteiger charge is 2.39. The van der Waals surface area contributed by atoms with Gasteiger partial charge in [0.2, 0.25) is 5.95 Å². The van der Waals surface area contributed by atoms with Crippen LogP contribution in [-0.2, 0) is 0 Å². The minimum atomic E-state index is -0.425. The van der Waals surface area contributed by atoms with Crippen molar-refractivity contribution in [1.29, 1.82) is 5.26 Å². The second kappa shape index (κ2) is 6.49. The first kappa shape index (κ1) is 16.1. The van der Waals surface area contributed by atoms with Gasteiger partial charge in [-0.2, -0.15) is 5.26 Å². The van der Waals surface area contributed by atoms with E-state index < -0.39 is 5.82 Å². The molecular formula is C18H17ClFN5. The molecule has 1 aromatic heterocycles. The molecule has 2 fully saturated rings. The van der Waals surface area contributed by atoms with Crippen LogP contribution in [-0.4, -0.2) is 35.6 Å². The molecule has 2 unspecified atom stereocenters. The molecule has 0 spiro atoms. The first-order valence-corrected chi connectivity index (χ1v) is 8.72. The topological polar surface area (TPSA) is 56.1 Å². The van der Waals surface area contributed by atoms with Gasteiger partial charge in [0, 0.05) is 25.7 Å². The number of benzene rings is 1. The molecule has 1 aromatic carbocycles. The summed E-state index contributed by atoms with van der Waals surface area (Å²) in [4.78, 5) is 12.7. The zero-order valence-corrected chi connectivity index (χ0v) is 14.3. The Morgan fingerprint density at radius 1 is 1.20 bits per heavy atom. The van der Waals surface area contributed by atoms with Crippen LogP contribution in [0.25, 0.3) is 0 Å². The Labute approximate surface area is 150 Å². The Bertz CT molecular complexity index is 819.